The summed E-state index contributed by atoms with van der Waals surface area (Å²) >= 11 is 0. The molecule has 360 valence electrons. The van der Waals surface area contributed by atoms with Crippen LogP contribution in [0.5, 0.6) is 28.7 Å². The third kappa shape index (κ3) is 16.7. The van der Waals surface area contributed by atoms with Crippen molar-refractivity contribution < 1.29 is 49.5 Å². The summed E-state index contributed by atoms with van der Waals surface area (Å²) < 4.78 is 0. The molecule has 17 heteroatoms. The van der Waals surface area contributed by atoms with Crippen LogP contribution in [0.4, 0.5) is 0 Å². The number of hydrogen-bond acceptors (Lipinski definition) is 12. The topological polar surface area (TPSA) is 271 Å². The molecule has 0 spiro atoms. The van der Waals surface area contributed by atoms with Crippen LogP contribution in [0.2, 0.25) is 0 Å². The van der Waals surface area contributed by atoms with Crippen molar-refractivity contribution in [3.8, 4) is 28.7 Å². The van der Waals surface area contributed by atoms with Crippen LogP contribution in [-0.4, -0.2) is 98.4 Å². The highest BCUT2D eigenvalue weighted by molar-refractivity contribution is 5.96. The Balaban J connectivity index is 1.46. The average Bonchev–Trinajstić information content (AvgIpc) is 3.32. The molecule has 5 amide bonds. The van der Waals surface area contributed by atoms with Crippen LogP contribution >= 0.6 is 0 Å². The molecule has 0 aromatic heterocycles. The lowest BCUT2D eigenvalue weighted by Gasteiger charge is -2.28. The van der Waals surface area contributed by atoms with Crippen LogP contribution in [0.1, 0.15) is 54.5 Å². The number of benzene rings is 5. The lowest BCUT2D eigenvalue weighted by atomic mass is 9.99. The summed E-state index contributed by atoms with van der Waals surface area (Å²) in [6.45, 7) is 4.80. The highest BCUT2D eigenvalue weighted by Crippen LogP contribution is 2.18. The van der Waals surface area contributed by atoms with Gasteiger partial charge in [-0.25, -0.2) is 5.43 Å². The molecule has 17 nitrogen and oxygen atoms in total. The summed E-state index contributed by atoms with van der Waals surface area (Å²) in [6, 6.07) is 24.7. The van der Waals surface area contributed by atoms with Crippen LogP contribution in [0.25, 0.3) is 0 Å². The predicted octanol–water partition coefficient (Wildman–Crippen LogP) is 3.07. The van der Waals surface area contributed by atoms with Gasteiger partial charge in [-0.15, -0.1) is 0 Å². The number of aromatic hydroxyl groups is 5. The van der Waals surface area contributed by atoms with Gasteiger partial charge in [0.15, 0.2) is 0 Å². The first-order valence-corrected chi connectivity index (χ1v) is 22.6. The lowest BCUT2D eigenvalue weighted by Crippen LogP contribution is -2.60. The van der Waals surface area contributed by atoms with E-state index in [-0.39, 0.29) is 60.9 Å². The zero-order valence-electron chi connectivity index (χ0n) is 38.1. The van der Waals surface area contributed by atoms with Gasteiger partial charge in [0.2, 0.25) is 23.6 Å². The minimum atomic E-state index is -1.37. The van der Waals surface area contributed by atoms with Gasteiger partial charge in [-0.05, 0) is 114 Å². The van der Waals surface area contributed by atoms with E-state index in [1.54, 1.807) is 60.7 Å². The number of phenols is 5. The van der Waals surface area contributed by atoms with Gasteiger partial charge in [-0.1, -0.05) is 74.5 Å². The normalized spacial score (nSPS) is 13.2. The number of hydrogen-bond donors (Lipinski definition) is 12. The van der Waals surface area contributed by atoms with Crippen molar-refractivity contribution in [2.75, 3.05) is 13.1 Å². The van der Waals surface area contributed by atoms with Gasteiger partial charge < -0.3 is 52.1 Å². The second-order valence-corrected chi connectivity index (χ2v) is 16.5. The standard InChI is InChI=1S/C51H61N7O10/c1-3-25-52-42(27-32-5-15-37(59)16-6-32)47(64)54-43(28-33-7-17-38(60)18-8-33)48(65)55-44(29-34-9-19-39(61)20-10-34)49(66)56-45(30-35-11-21-40(62)22-12-35)50(67)57-46(51(68)58-53-26-4-2)31-36-13-23-41(63)24-14-36/h5-24,42-46,52-53,59-63H,3-4,25-31H2,1-2H3,(H,54,64)(H,55,65)(H,56,66)(H,57,67)(H,58,68)/t42-,43-,44-,45-,46-/m0/s1. The maximum Gasteiger partial charge on any atom is 0.256 e. The van der Waals surface area contributed by atoms with Crippen molar-refractivity contribution in [1.29, 1.82) is 0 Å². The maximum absolute atomic E-state index is 14.7. The number of carbonyl (C=O) groups excluding carboxylic acids is 5. The van der Waals surface area contributed by atoms with Gasteiger partial charge in [0, 0.05) is 32.2 Å². The Morgan fingerprint density at radius 2 is 0.588 bits per heavy atom. The van der Waals surface area contributed by atoms with E-state index in [0.29, 0.717) is 48.2 Å². The first-order chi connectivity index (χ1) is 32.7. The highest BCUT2D eigenvalue weighted by Gasteiger charge is 2.33. The van der Waals surface area contributed by atoms with Gasteiger partial charge in [0.25, 0.3) is 5.91 Å². The number of amides is 5. The Morgan fingerprint density at radius 1 is 0.353 bits per heavy atom. The first kappa shape index (κ1) is 51.4. The van der Waals surface area contributed by atoms with Crippen LogP contribution in [0, 0.1) is 0 Å². The Morgan fingerprint density at radius 3 is 0.853 bits per heavy atom. The molecule has 0 heterocycles. The van der Waals surface area contributed by atoms with Crippen molar-refractivity contribution in [3.63, 3.8) is 0 Å². The molecule has 5 atom stereocenters. The first-order valence-electron chi connectivity index (χ1n) is 22.6. The fourth-order valence-corrected chi connectivity index (χ4v) is 7.20. The molecule has 0 aliphatic rings. The third-order valence-electron chi connectivity index (χ3n) is 11.0. The fourth-order valence-electron chi connectivity index (χ4n) is 7.20. The molecule has 0 aliphatic heterocycles. The van der Waals surface area contributed by atoms with Gasteiger partial charge in [-0.2, -0.15) is 0 Å². The summed E-state index contributed by atoms with van der Waals surface area (Å²) in [5.74, 6) is -3.33. The molecule has 0 radical (unpaired) electrons. The largest absolute Gasteiger partial charge is 0.508 e. The molecule has 5 aromatic carbocycles. The summed E-state index contributed by atoms with van der Waals surface area (Å²) in [5.41, 5.74) is 8.47. The van der Waals surface area contributed by atoms with Crippen LogP contribution in [-0.2, 0) is 56.1 Å². The number of rotatable bonds is 25. The smallest absolute Gasteiger partial charge is 0.256 e. The SMILES string of the molecule is CCCNNC(=O)[C@H](Cc1ccc(O)cc1)NC(=O)[C@H](Cc1ccc(O)cc1)NC(=O)[C@H](Cc1ccc(O)cc1)NC(=O)[C@H](Cc1ccc(O)cc1)NC(=O)[C@H](Cc1ccc(O)cc1)NCCC. The quantitative estimate of drug-likeness (QED) is 0.0298. The number of carbonyl (C=O) groups is 5. The van der Waals surface area contributed by atoms with E-state index >= 15 is 0 Å². The number of nitrogens with one attached hydrogen (secondary N) is 7. The number of hydrazine groups is 1. The second-order valence-electron chi connectivity index (χ2n) is 16.5. The average molecular weight is 932 g/mol. The van der Waals surface area contributed by atoms with Crippen molar-refractivity contribution in [3.05, 3.63) is 149 Å². The Hall–Kier alpha value is -7.63. The van der Waals surface area contributed by atoms with E-state index in [9.17, 15) is 49.5 Å². The van der Waals surface area contributed by atoms with Gasteiger partial charge in [0.05, 0.1) is 6.04 Å². The van der Waals surface area contributed by atoms with E-state index in [0.717, 1.165) is 5.56 Å². The van der Waals surface area contributed by atoms with Crippen molar-refractivity contribution in [2.24, 2.45) is 0 Å². The van der Waals surface area contributed by atoms with E-state index < -0.39 is 59.7 Å². The van der Waals surface area contributed by atoms with E-state index in [1.807, 2.05) is 13.8 Å². The summed E-state index contributed by atoms with van der Waals surface area (Å²) in [7, 11) is 0. The molecule has 0 fully saturated rings. The van der Waals surface area contributed by atoms with Crippen molar-refractivity contribution in [2.45, 2.75) is 89.0 Å². The molecule has 0 aliphatic carbocycles. The minimum absolute atomic E-state index is 0.00601. The van der Waals surface area contributed by atoms with Crippen LogP contribution < -0.4 is 37.4 Å². The molecular weight excluding hydrogens is 871 g/mol. The predicted molar refractivity (Wildman–Crippen MR) is 255 cm³/mol. The molecule has 5 aromatic rings. The summed E-state index contributed by atoms with van der Waals surface area (Å²) in [6.07, 6.45) is 1.38. The monoisotopic (exact) mass is 931 g/mol. The molecule has 68 heavy (non-hydrogen) atoms. The van der Waals surface area contributed by atoms with E-state index in [2.05, 4.69) is 37.4 Å². The minimum Gasteiger partial charge on any atom is -0.508 e. The third-order valence-corrected chi connectivity index (χ3v) is 11.0. The Kier molecular flexibility index (Phi) is 19.6. The number of phenolic OH excluding ortho intramolecular Hbond substituents is 5. The zero-order valence-corrected chi connectivity index (χ0v) is 38.1. The molecule has 12 N–H and O–H groups in total. The van der Waals surface area contributed by atoms with Gasteiger partial charge >= 0.3 is 0 Å². The van der Waals surface area contributed by atoms with E-state index in [4.69, 9.17) is 0 Å². The fraction of sp³-hybridized carbons (Fsp3) is 0.314. The van der Waals surface area contributed by atoms with Crippen molar-refractivity contribution in [1.82, 2.24) is 37.4 Å². The molecule has 0 bridgehead atoms. The molecule has 0 saturated carbocycles. The highest BCUT2D eigenvalue weighted by atomic mass is 16.3. The van der Waals surface area contributed by atoms with Crippen molar-refractivity contribution >= 4 is 29.5 Å². The molecule has 0 saturated heterocycles. The zero-order chi connectivity index (χ0) is 49.0. The lowest BCUT2D eigenvalue weighted by molar-refractivity contribution is -0.134. The Bertz CT molecular complexity index is 2400. The maximum atomic E-state index is 14.7. The van der Waals surface area contributed by atoms with E-state index in [1.165, 1.54) is 60.7 Å². The van der Waals surface area contributed by atoms with Crippen LogP contribution in [0.15, 0.2) is 121 Å². The van der Waals surface area contributed by atoms with Gasteiger partial charge in [-0.3, -0.25) is 29.4 Å². The Labute approximate surface area is 395 Å². The summed E-state index contributed by atoms with van der Waals surface area (Å²) in [4.78, 5) is 71.3. The molecule has 0 unspecified atom stereocenters. The molecule has 5 rings (SSSR count). The van der Waals surface area contributed by atoms with Gasteiger partial charge in [0.1, 0.15) is 52.9 Å². The summed E-state index contributed by atoms with van der Waals surface area (Å²) in [5, 5.41) is 64.3. The second kappa shape index (κ2) is 25.9. The van der Waals surface area contributed by atoms with Crippen LogP contribution in [0.3, 0.4) is 0 Å². The molecular formula is C51H61N7O10.